The summed E-state index contributed by atoms with van der Waals surface area (Å²) in [5.41, 5.74) is 1.86. The van der Waals surface area contributed by atoms with Crippen molar-refractivity contribution >= 4 is 5.91 Å². The van der Waals surface area contributed by atoms with Crippen molar-refractivity contribution in [3.8, 4) is 0 Å². The molecule has 1 fully saturated rings. The Balaban J connectivity index is 1.58. The van der Waals surface area contributed by atoms with Crippen LogP contribution in [0.5, 0.6) is 0 Å². The Hall–Kier alpha value is -2.24. The highest BCUT2D eigenvalue weighted by molar-refractivity contribution is 5.80. The van der Waals surface area contributed by atoms with Gasteiger partial charge in [-0.25, -0.2) is 8.78 Å². The molecule has 0 bridgehead atoms. The molecule has 2 aliphatic carbocycles. The van der Waals surface area contributed by atoms with Crippen molar-refractivity contribution in [2.75, 3.05) is 0 Å². The van der Waals surface area contributed by atoms with Crippen LogP contribution in [0, 0.1) is 17.6 Å². The van der Waals surface area contributed by atoms with E-state index in [2.05, 4.69) is 15.5 Å². The maximum atomic E-state index is 14.5. The molecule has 1 unspecified atom stereocenters. The minimum Gasteiger partial charge on any atom is -0.346 e. The Kier molecular flexibility index (Phi) is 4.51. The zero-order valence-corrected chi connectivity index (χ0v) is 14.7. The Morgan fingerprint density at radius 2 is 2.04 bits per heavy atom. The average Bonchev–Trinajstić information content (AvgIpc) is 3.10. The lowest BCUT2D eigenvalue weighted by Gasteiger charge is -2.40. The molecule has 138 valence electrons. The number of fused-ring (bicyclic) bond motifs is 1. The predicted octanol–water partition coefficient (Wildman–Crippen LogP) is 3.77. The van der Waals surface area contributed by atoms with Crippen LogP contribution in [0.4, 0.5) is 8.78 Å². The third-order valence-electron chi connectivity index (χ3n) is 5.91. The van der Waals surface area contributed by atoms with E-state index in [0.29, 0.717) is 24.8 Å². The smallest absolute Gasteiger partial charge is 0.224 e. The molecule has 2 aromatic rings. The standard InChI is InChI=1S/C20H23F2N3O/c21-15-6-7-16(17(22)11-15)20(8-2-1-3-9-20)24-19(26)13-4-5-14-12-23-25-18(14)10-13/h6-7,11-13H,1-5,8-10H2,(H,23,25)(H,24,26). The summed E-state index contributed by atoms with van der Waals surface area (Å²) < 4.78 is 27.9. The fraction of sp³-hybridized carbons (Fsp3) is 0.500. The number of carbonyl (C=O) groups is 1. The molecule has 1 aromatic heterocycles. The molecule has 4 nitrogen and oxygen atoms in total. The number of hydrogen-bond donors (Lipinski definition) is 2. The van der Waals surface area contributed by atoms with Gasteiger partial charge in [0.1, 0.15) is 11.6 Å². The number of aromatic nitrogens is 2. The molecular weight excluding hydrogens is 336 g/mol. The quantitative estimate of drug-likeness (QED) is 0.876. The number of benzene rings is 1. The number of rotatable bonds is 3. The fourth-order valence-electron chi connectivity index (χ4n) is 4.46. The first-order valence-corrected chi connectivity index (χ1v) is 9.36. The number of amides is 1. The summed E-state index contributed by atoms with van der Waals surface area (Å²) in [5.74, 6) is -1.37. The van der Waals surface area contributed by atoms with Crippen LogP contribution < -0.4 is 5.32 Å². The van der Waals surface area contributed by atoms with E-state index in [9.17, 15) is 13.6 Å². The van der Waals surface area contributed by atoms with Crippen molar-refractivity contribution in [3.63, 3.8) is 0 Å². The van der Waals surface area contributed by atoms with E-state index < -0.39 is 17.2 Å². The van der Waals surface area contributed by atoms with Crippen molar-refractivity contribution in [2.24, 2.45) is 5.92 Å². The zero-order valence-electron chi connectivity index (χ0n) is 14.7. The van der Waals surface area contributed by atoms with Gasteiger partial charge in [-0.1, -0.05) is 25.3 Å². The molecule has 1 aromatic carbocycles. The zero-order chi connectivity index (χ0) is 18.1. The first kappa shape index (κ1) is 17.2. The van der Waals surface area contributed by atoms with Crippen molar-refractivity contribution < 1.29 is 13.6 Å². The lowest BCUT2D eigenvalue weighted by atomic mass is 9.75. The third-order valence-corrected chi connectivity index (χ3v) is 5.91. The molecule has 1 heterocycles. The first-order chi connectivity index (χ1) is 12.6. The molecule has 1 amide bonds. The second-order valence-corrected chi connectivity index (χ2v) is 7.57. The Morgan fingerprint density at radius 1 is 1.23 bits per heavy atom. The van der Waals surface area contributed by atoms with Crippen LogP contribution in [0.3, 0.4) is 0 Å². The van der Waals surface area contributed by atoms with Crippen molar-refractivity contribution in [3.05, 3.63) is 52.9 Å². The SMILES string of the molecule is O=C(NC1(c2ccc(F)cc2F)CCCCC1)C1CCc2cn[nH]c2C1. The number of hydrogen-bond acceptors (Lipinski definition) is 2. The second kappa shape index (κ2) is 6.82. The van der Waals surface area contributed by atoms with E-state index in [-0.39, 0.29) is 11.8 Å². The highest BCUT2D eigenvalue weighted by atomic mass is 19.1. The van der Waals surface area contributed by atoms with Gasteiger partial charge < -0.3 is 5.32 Å². The lowest BCUT2D eigenvalue weighted by Crippen LogP contribution is -2.50. The third kappa shape index (κ3) is 3.13. The van der Waals surface area contributed by atoms with Crippen molar-refractivity contribution in [2.45, 2.75) is 56.9 Å². The van der Waals surface area contributed by atoms with Crippen LogP contribution in [0.25, 0.3) is 0 Å². The molecule has 4 rings (SSSR count). The Morgan fingerprint density at radius 3 is 2.81 bits per heavy atom. The minimum absolute atomic E-state index is 0.0455. The van der Waals surface area contributed by atoms with Crippen LogP contribution in [0.1, 0.15) is 55.3 Å². The van der Waals surface area contributed by atoms with E-state index in [1.54, 1.807) is 0 Å². The molecule has 2 aliphatic rings. The summed E-state index contributed by atoms with van der Waals surface area (Å²) in [5, 5.41) is 10.2. The highest BCUT2D eigenvalue weighted by Gasteiger charge is 2.39. The molecule has 1 saturated carbocycles. The van der Waals surface area contributed by atoms with E-state index in [4.69, 9.17) is 0 Å². The van der Waals surface area contributed by atoms with Gasteiger partial charge in [-0.3, -0.25) is 9.89 Å². The molecule has 0 aliphatic heterocycles. The number of halogens is 2. The van der Waals surface area contributed by atoms with Crippen molar-refractivity contribution in [1.82, 2.24) is 15.5 Å². The monoisotopic (exact) mass is 359 g/mol. The number of aromatic amines is 1. The molecule has 0 spiro atoms. The van der Waals surface area contributed by atoms with Crippen LogP contribution in [0.15, 0.2) is 24.4 Å². The van der Waals surface area contributed by atoms with E-state index in [1.807, 2.05) is 6.20 Å². The summed E-state index contributed by atoms with van der Waals surface area (Å²) in [4.78, 5) is 13.0. The minimum atomic E-state index is -0.735. The van der Waals surface area contributed by atoms with Gasteiger partial charge in [0, 0.05) is 29.7 Å². The normalized spacial score (nSPS) is 21.8. The number of nitrogens with one attached hydrogen (secondary N) is 2. The molecular formula is C20H23F2N3O. The summed E-state index contributed by atoms with van der Waals surface area (Å²) in [7, 11) is 0. The number of aryl methyl sites for hydroxylation is 1. The maximum absolute atomic E-state index is 14.5. The Bertz CT molecular complexity index is 811. The molecule has 1 atom stereocenters. The average molecular weight is 359 g/mol. The molecule has 6 heteroatoms. The fourth-order valence-corrected chi connectivity index (χ4v) is 4.46. The Labute approximate surface area is 151 Å². The highest BCUT2D eigenvalue weighted by Crippen LogP contribution is 2.39. The summed E-state index contributed by atoms with van der Waals surface area (Å²) >= 11 is 0. The largest absolute Gasteiger partial charge is 0.346 e. The second-order valence-electron chi connectivity index (χ2n) is 7.57. The number of carbonyl (C=O) groups excluding carboxylic acids is 1. The number of nitrogens with zero attached hydrogens (tertiary/aromatic N) is 1. The summed E-state index contributed by atoms with van der Waals surface area (Å²) in [6.07, 6.45) is 8.32. The van der Waals surface area contributed by atoms with Gasteiger partial charge >= 0.3 is 0 Å². The van der Waals surface area contributed by atoms with Gasteiger partial charge in [-0.2, -0.15) is 5.10 Å². The van der Waals surface area contributed by atoms with Crippen molar-refractivity contribution in [1.29, 1.82) is 0 Å². The molecule has 0 radical (unpaired) electrons. The van der Waals surface area contributed by atoms with Crippen LogP contribution in [-0.2, 0) is 23.2 Å². The summed E-state index contributed by atoms with van der Waals surface area (Å²) in [6, 6.07) is 3.68. The topological polar surface area (TPSA) is 57.8 Å². The predicted molar refractivity (Wildman–Crippen MR) is 93.4 cm³/mol. The van der Waals surface area contributed by atoms with Gasteiger partial charge in [-0.05, 0) is 37.3 Å². The first-order valence-electron chi connectivity index (χ1n) is 9.36. The van der Waals surface area contributed by atoms with Gasteiger partial charge in [0.05, 0.1) is 11.7 Å². The molecule has 2 N–H and O–H groups in total. The lowest BCUT2D eigenvalue weighted by molar-refractivity contribution is -0.128. The molecule has 0 saturated heterocycles. The summed E-state index contributed by atoms with van der Waals surface area (Å²) in [6.45, 7) is 0. The maximum Gasteiger partial charge on any atom is 0.224 e. The van der Waals surface area contributed by atoms with Crippen LogP contribution in [0.2, 0.25) is 0 Å². The van der Waals surface area contributed by atoms with E-state index in [1.165, 1.54) is 17.7 Å². The van der Waals surface area contributed by atoms with E-state index >= 15 is 0 Å². The number of H-pyrrole nitrogens is 1. The van der Waals surface area contributed by atoms with Crippen LogP contribution in [-0.4, -0.2) is 16.1 Å². The van der Waals surface area contributed by atoms with Gasteiger partial charge in [0.15, 0.2) is 0 Å². The van der Waals surface area contributed by atoms with Crippen LogP contribution >= 0.6 is 0 Å². The van der Waals surface area contributed by atoms with E-state index in [0.717, 1.165) is 43.9 Å². The molecule has 26 heavy (non-hydrogen) atoms. The van der Waals surface area contributed by atoms with Gasteiger partial charge in [0.2, 0.25) is 5.91 Å². The van der Waals surface area contributed by atoms with Gasteiger partial charge in [-0.15, -0.1) is 0 Å². The van der Waals surface area contributed by atoms with Gasteiger partial charge in [0.25, 0.3) is 0 Å².